The molecule has 0 saturated carbocycles. The van der Waals surface area contributed by atoms with E-state index in [1.54, 1.807) is 25.4 Å². The topological polar surface area (TPSA) is 98.6 Å². The number of hydrogen-bond acceptors (Lipinski definition) is 4. The van der Waals surface area contributed by atoms with Gasteiger partial charge >= 0.3 is 0 Å². The molecule has 17 heavy (non-hydrogen) atoms. The first kappa shape index (κ1) is 13.7. The third-order valence-corrected chi connectivity index (χ3v) is 4.25. The molecule has 2 N–H and O–H groups in total. The average molecular weight is 256 g/mol. The van der Waals surface area contributed by atoms with Gasteiger partial charge in [0.25, 0.3) is 0 Å². The number of nitrogens with one attached hydrogen (secondary N) is 2. The lowest BCUT2D eigenvalue weighted by molar-refractivity contribution is 0.532. The molecule has 0 radical (unpaired) electrons. The lowest BCUT2D eigenvalue weighted by atomic mass is 10.2. The van der Waals surface area contributed by atoms with Gasteiger partial charge in [-0.05, 0) is 12.8 Å². The van der Waals surface area contributed by atoms with Crippen molar-refractivity contribution >= 4 is 10.0 Å². The minimum atomic E-state index is -3.63. The molecule has 0 saturated heterocycles. The highest BCUT2D eigenvalue weighted by Crippen LogP contribution is 2.15. The van der Waals surface area contributed by atoms with Crippen LogP contribution in [-0.4, -0.2) is 23.6 Å². The van der Waals surface area contributed by atoms with Gasteiger partial charge in [-0.25, -0.2) is 18.1 Å². The molecule has 0 bridgehead atoms. The fourth-order valence-electron chi connectivity index (χ4n) is 1.46. The van der Waals surface area contributed by atoms with Crippen LogP contribution in [0, 0.1) is 11.3 Å². The van der Waals surface area contributed by atoms with E-state index in [0.717, 1.165) is 0 Å². The highest BCUT2D eigenvalue weighted by atomic mass is 32.2. The Morgan fingerprint density at radius 1 is 1.53 bits per heavy atom. The standard InChI is InChI=1S/C10H16N4O2S/c1-3-8(7-11)17(15,16)14-9(4-2)10-12-5-6-13-10/h5-6,8-9,14H,3-4H2,1-2H3,(H,12,13). The van der Waals surface area contributed by atoms with E-state index in [1.165, 1.54) is 0 Å². The number of rotatable bonds is 6. The molecule has 6 nitrogen and oxygen atoms in total. The van der Waals surface area contributed by atoms with E-state index in [0.29, 0.717) is 12.2 Å². The monoisotopic (exact) mass is 256 g/mol. The fourth-order valence-corrected chi connectivity index (χ4v) is 2.88. The van der Waals surface area contributed by atoms with Crippen LogP contribution >= 0.6 is 0 Å². The predicted octanol–water partition coefficient (Wildman–Crippen LogP) is 1.08. The molecule has 0 aliphatic carbocycles. The summed E-state index contributed by atoms with van der Waals surface area (Å²) >= 11 is 0. The number of sulfonamides is 1. The van der Waals surface area contributed by atoms with Crippen molar-refractivity contribution in [2.75, 3.05) is 0 Å². The molecule has 2 unspecified atom stereocenters. The quantitative estimate of drug-likeness (QED) is 0.795. The van der Waals surface area contributed by atoms with Crippen molar-refractivity contribution in [1.29, 1.82) is 5.26 Å². The van der Waals surface area contributed by atoms with Gasteiger partial charge in [-0.2, -0.15) is 5.26 Å². The number of H-pyrrole nitrogens is 1. The zero-order valence-corrected chi connectivity index (χ0v) is 10.7. The van der Waals surface area contributed by atoms with E-state index >= 15 is 0 Å². The van der Waals surface area contributed by atoms with Crippen molar-refractivity contribution in [3.63, 3.8) is 0 Å². The SMILES string of the molecule is CCC(NS(=O)(=O)C(C#N)CC)c1ncc[nH]1. The summed E-state index contributed by atoms with van der Waals surface area (Å²) in [4.78, 5) is 6.88. The molecule has 0 aromatic carbocycles. The van der Waals surface area contributed by atoms with Crippen LogP contribution in [0.1, 0.15) is 38.6 Å². The molecule has 1 rings (SSSR count). The highest BCUT2D eigenvalue weighted by Gasteiger charge is 2.27. The molecule has 0 spiro atoms. The summed E-state index contributed by atoms with van der Waals surface area (Å²) < 4.78 is 26.3. The number of aromatic nitrogens is 2. The van der Waals surface area contributed by atoms with Crippen molar-refractivity contribution in [1.82, 2.24) is 14.7 Å². The zero-order chi connectivity index (χ0) is 12.9. The van der Waals surface area contributed by atoms with Crippen LogP contribution in [0.25, 0.3) is 0 Å². The van der Waals surface area contributed by atoms with Gasteiger partial charge in [0.1, 0.15) is 5.82 Å². The summed E-state index contributed by atoms with van der Waals surface area (Å²) in [7, 11) is -3.63. The highest BCUT2D eigenvalue weighted by molar-refractivity contribution is 7.90. The number of aromatic amines is 1. The first-order valence-corrected chi connectivity index (χ1v) is 6.99. The van der Waals surface area contributed by atoms with Gasteiger partial charge in [-0.1, -0.05) is 13.8 Å². The normalized spacial score (nSPS) is 15.1. The van der Waals surface area contributed by atoms with Gasteiger partial charge in [-0.3, -0.25) is 0 Å². The van der Waals surface area contributed by atoms with Gasteiger partial charge < -0.3 is 4.98 Å². The van der Waals surface area contributed by atoms with Crippen LogP contribution < -0.4 is 4.72 Å². The summed E-state index contributed by atoms with van der Waals surface area (Å²) in [6.07, 6.45) is 4.02. The second kappa shape index (κ2) is 5.80. The van der Waals surface area contributed by atoms with Crippen LogP contribution in [0.15, 0.2) is 12.4 Å². The van der Waals surface area contributed by atoms with Gasteiger partial charge in [-0.15, -0.1) is 0 Å². The lowest BCUT2D eigenvalue weighted by Crippen LogP contribution is -2.36. The Kier molecular flexibility index (Phi) is 4.66. The number of nitriles is 1. The Hall–Kier alpha value is -1.39. The molecule has 0 aliphatic heterocycles. The molecule has 1 heterocycles. The van der Waals surface area contributed by atoms with Crippen molar-refractivity contribution < 1.29 is 8.42 Å². The van der Waals surface area contributed by atoms with E-state index in [2.05, 4.69) is 14.7 Å². The van der Waals surface area contributed by atoms with E-state index in [-0.39, 0.29) is 6.42 Å². The number of hydrogen-bond donors (Lipinski definition) is 2. The Morgan fingerprint density at radius 3 is 2.65 bits per heavy atom. The van der Waals surface area contributed by atoms with E-state index in [4.69, 9.17) is 5.26 Å². The number of nitrogens with zero attached hydrogens (tertiary/aromatic N) is 2. The Balaban J connectivity index is 2.86. The molecule has 7 heteroatoms. The van der Waals surface area contributed by atoms with E-state index in [1.807, 2.05) is 6.92 Å². The third kappa shape index (κ3) is 3.28. The van der Waals surface area contributed by atoms with Gasteiger partial charge in [0.15, 0.2) is 5.25 Å². The first-order valence-electron chi connectivity index (χ1n) is 5.45. The van der Waals surface area contributed by atoms with Crippen LogP contribution in [0.5, 0.6) is 0 Å². The fraction of sp³-hybridized carbons (Fsp3) is 0.600. The van der Waals surface area contributed by atoms with Crippen molar-refractivity contribution in [2.24, 2.45) is 0 Å². The lowest BCUT2D eigenvalue weighted by Gasteiger charge is -2.16. The molecule has 0 aliphatic rings. The Labute approximate surface area is 101 Å². The minimum absolute atomic E-state index is 0.264. The summed E-state index contributed by atoms with van der Waals surface area (Å²) in [6, 6.07) is 1.37. The molecular weight excluding hydrogens is 240 g/mol. The maximum absolute atomic E-state index is 11.9. The van der Waals surface area contributed by atoms with Crippen LogP contribution in [0.2, 0.25) is 0 Å². The third-order valence-electron chi connectivity index (χ3n) is 2.45. The molecule has 1 aromatic heterocycles. The molecular formula is C10H16N4O2S. The molecule has 2 atom stereocenters. The second-order valence-electron chi connectivity index (χ2n) is 3.62. The van der Waals surface area contributed by atoms with Crippen LogP contribution in [-0.2, 0) is 10.0 Å². The zero-order valence-electron chi connectivity index (χ0n) is 9.84. The Morgan fingerprint density at radius 2 is 2.24 bits per heavy atom. The van der Waals surface area contributed by atoms with Crippen LogP contribution in [0.3, 0.4) is 0 Å². The molecule has 0 amide bonds. The largest absolute Gasteiger partial charge is 0.347 e. The van der Waals surface area contributed by atoms with E-state index in [9.17, 15) is 8.42 Å². The van der Waals surface area contributed by atoms with Gasteiger partial charge in [0.05, 0.1) is 12.1 Å². The van der Waals surface area contributed by atoms with Crippen molar-refractivity contribution in [3.8, 4) is 6.07 Å². The second-order valence-corrected chi connectivity index (χ2v) is 5.52. The van der Waals surface area contributed by atoms with Gasteiger partial charge in [0.2, 0.25) is 10.0 Å². The Bertz CT molecular complexity index is 475. The minimum Gasteiger partial charge on any atom is -0.347 e. The van der Waals surface area contributed by atoms with E-state index < -0.39 is 21.3 Å². The summed E-state index contributed by atoms with van der Waals surface area (Å²) in [5.41, 5.74) is 0. The summed E-state index contributed by atoms with van der Waals surface area (Å²) in [5, 5.41) is 7.76. The summed E-state index contributed by atoms with van der Waals surface area (Å²) in [6.45, 7) is 3.52. The smallest absolute Gasteiger partial charge is 0.228 e. The first-order chi connectivity index (χ1) is 8.05. The maximum atomic E-state index is 11.9. The average Bonchev–Trinajstić information content (AvgIpc) is 2.80. The molecule has 1 aromatic rings. The molecule has 94 valence electrons. The van der Waals surface area contributed by atoms with Crippen molar-refractivity contribution in [3.05, 3.63) is 18.2 Å². The maximum Gasteiger partial charge on any atom is 0.228 e. The number of imidazole rings is 1. The predicted molar refractivity (Wildman–Crippen MR) is 63.4 cm³/mol. The molecule has 0 fully saturated rings. The summed E-state index contributed by atoms with van der Waals surface area (Å²) in [5.74, 6) is 0.559. The van der Waals surface area contributed by atoms with Crippen LogP contribution in [0.4, 0.5) is 0 Å². The van der Waals surface area contributed by atoms with Crippen molar-refractivity contribution in [2.45, 2.75) is 38.0 Å². The van der Waals surface area contributed by atoms with Gasteiger partial charge in [0, 0.05) is 12.4 Å².